The van der Waals surface area contributed by atoms with Crippen molar-refractivity contribution in [1.29, 1.82) is 0 Å². The monoisotopic (exact) mass is 462 g/mol. The zero-order chi connectivity index (χ0) is 22.4. The molecule has 1 aliphatic heterocycles. The van der Waals surface area contributed by atoms with Crippen LogP contribution in [-0.4, -0.2) is 60.4 Å². The maximum absolute atomic E-state index is 13.3. The third kappa shape index (κ3) is 5.84. The first kappa shape index (κ1) is 23.2. The summed E-state index contributed by atoms with van der Waals surface area (Å²) in [4.78, 5) is 28.4. The molecule has 9 heteroatoms. The molecule has 1 atom stereocenters. The molecule has 2 heterocycles. The predicted octanol–water partition coefficient (Wildman–Crippen LogP) is 4.15. The highest BCUT2D eigenvalue weighted by molar-refractivity contribution is 7.12. The summed E-state index contributed by atoms with van der Waals surface area (Å²) in [6, 6.07) is 10.7. The number of methoxy groups -OCH3 is 1. The fourth-order valence-electron chi connectivity index (χ4n) is 3.35. The number of hydrogen-bond donors (Lipinski definition) is 1. The molecule has 0 bridgehead atoms. The van der Waals surface area contributed by atoms with E-state index in [-0.39, 0.29) is 30.6 Å². The maximum Gasteiger partial charge on any atom is 0.318 e. The Bertz CT molecular complexity index is 933. The van der Waals surface area contributed by atoms with Crippen LogP contribution in [0.5, 0.6) is 0 Å². The van der Waals surface area contributed by atoms with Crippen molar-refractivity contribution in [2.45, 2.75) is 32.4 Å². The number of rotatable bonds is 8. The van der Waals surface area contributed by atoms with Gasteiger partial charge in [0.15, 0.2) is 0 Å². The molecule has 1 aromatic carbocycles. The van der Waals surface area contributed by atoms with Crippen LogP contribution in [0.1, 0.15) is 36.8 Å². The van der Waals surface area contributed by atoms with Crippen LogP contribution < -0.4 is 5.32 Å². The smallest absolute Gasteiger partial charge is 0.318 e. The van der Waals surface area contributed by atoms with E-state index in [2.05, 4.69) is 10.4 Å². The standard InChI is InChI=1S/C22H27ClN4O3S/c1-15(2)24-22(29)26(10-11-30-3)14-21(28)27-19(16-7-4-5-8-17(16)23)13-18(25-27)20-9-6-12-31-20/h4-9,12,15,19H,10-11,13-14H2,1-3H3,(H,24,29)/t19-/m1/s1. The van der Waals surface area contributed by atoms with E-state index in [9.17, 15) is 9.59 Å². The summed E-state index contributed by atoms with van der Waals surface area (Å²) in [5.74, 6) is -0.272. The Hall–Kier alpha value is -2.42. The Morgan fingerprint density at radius 1 is 1.32 bits per heavy atom. The van der Waals surface area contributed by atoms with E-state index >= 15 is 0 Å². The van der Waals surface area contributed by atoms with Crippen LogP contribution in [0.15, 0.2) is 46.9 Å². The molecule has 1 aromatic heterocycles. The number of hydrazone groups is 1. The van der Waals surface area contributed by atoms with E-state index in [1.54, 1.807) is 18.4 Å². The number of nitrogens with one attached hydrogen (secondary N) is 1. The summed E-state index contributed by atoms with van der Waals surface area (Å²) < 4.78 is 5.12. The Morgan fingerprint density at radius 3 is 2.74 bits per heavy atom. The number of hydrogen-bond acceptors (Lipinski definition) is 5. The van der Waals surface area contributed by atoms with Gasteiger partial charge in [0, 0.05) is 31.1 Å². The summed E-state index contributed by atoms with van der Waals surface area (Å²) >= 11 is 8.03. The lowest BCUT2D eigenvalue weighted by atomic mass is 10.0. The number of thiophene rings is 1. The van der Waals surface area contributed by atoms with Crippen molar-refractivity contribution in [3.05, 3.63) is 57.2 Å². The van der Waals surface area contributed by atoms with Crippen molar-refractivity contribution >= 4 is 40.6 Å². The molecule has 0 spiro atoms. The fourth-order valence-corrected chi connectivity index (χ4v) is 4.33. The minimum atomic E-state index is -0.323. The number of nitrogens with zero attached hydrogens (tertiary/aromatic N) is 3. The third-order valence-electron chi connectivity index (χ3n) is 4.83. The molecule has 0 radical (unpaired) electrons. The molecule has 0 fully saturated rings. The van der Waals surface area contributed by atoms with Gasteiger partial charge in [-0.1, -0.05) is 35.9 Å². The summed E-state index contributed by atoms with van der Waals surface area (Å²) in [7, 11) is 1.56. The second kappa shape index (κ2) is 10.7. The van der Waals surface area contributed by atoms with Gasteiger partial charge >= 0.3 is 6.03 Å². The second-order valence-electron chi connectivity index (χ2n) is 7.52. The van der Waals surface area contributed by atoms with Crippen molar-refractivity contribution in [1.82, 2.24) is 15.2 Å². The van der Waals surface area contributed by atoms with Crippen LogP contribution in [0, 0.1) is 0 Å². The summed E-state index contributed by atoms with van der Waals surface area (Å²) in [5.41, 5.74) is 1.67. The molecule has 0 unspecified atom stereocenters. The number of amides is 3. The third-order valence-corrected chi connectivity index (χ3v) is 6.09. The first-order valence-electron chi connectivity index (χ1n) is 10.1. The van der Waals surface area contributed by atoms with Crippen LogP contribution in [0.2, 0.25) is 5.02 Å². The Labute approximate surface area is 191 Å². The molecular weight excluding hydrogens is 436 g/mol. The van der Waals surface area contributed by atoms with E-state index in [1.165, 1.54) is 9.91 Å². The number of carbonyl (C=O) groups excluding carboxylic acids is 2. The molecule has 0 saturated carbocycles. The summed E-state index contributed by atoms with van der Waals surface area (Å²) in [6.07, 6.45) is 0.562. The molecule has 31 heavy (non-hydrogen) atoms. The van der Waals surface area contributed by atoms with Gasteiger partial charge in [-0.25, -0.2) is 9.80 Å². The van der Waals surface area contributed by atoms with Gasteiger partial charge in [-0.3, -0.25) is 4.79 Å². The van der Waals surface area contributed by atoms with Gasteiger partial charge < -0.3 is 15.0 Å². The molecule has 166 valence electrons. The van der Waals surface area contributed by atoms with Crippen LogP contribution in [-0.2, 0) is 9.53 Å². The zero-order valence-corrected chi connectivity index (χ0v) is 19.4. The highest BCUT2D eigenvalue weighted by Crippen LogP contribution is 2.37. The van der Waals surface area contributed by atoms with Crippen molar-refractivity contribution in [3.63, 3.8) is 0 Å². The van der Waals surface area contributed by atoms with Gasteiger partial charge in [0.1, 0.15) is 6.54 Å². The van der Waals surface area contributed by atoms with Crippen molar-refractivity contribution in [2.24, 2.45) is 5.10 Å². The number of benzene rings is 1. The highest BCUT2D eigenvalue weighted by Gasteiger charge is 2.35. The van der Waals surface area contributed by atoms with Gasteiger partial charge in [0.05, 0.1) is 23.2 Å². The topological polar surface area (TPSA) is 74.2 Å². The fraction of sp³-hybridized carbons (Fsp3) is 0.409. The summed E-state index contributed by atoms with van der Waals surface area (Å²) in [5, 5.41) is 11.5. The molecule has 1 aliphatic rings. The van der Waals surface area contributed by atoms with Gasteiger partial charge in [0.25, 0.3) is 5.91 Å². The normalized spacial score (nSPS) is 15.8. The number of urea groups is 1. The highest BCUT2D eigenvalue weighted by atomic mass is 35.5. The minimum absolute atomic E-state index is 0.0428. The van der Waals surface area contributed by atoms with Crippen molar-refractivity contribution in [3.8, 4) is 0 Å². The van der Waals surface area contributed by atoms with E-state index in [0.717, 1.165) is 16.2 Å². The van der Waals surface area contributed by atoms with Crippen molar-refractivity contribution in [2.75, 3.05) is 26.8 Å². The molecule has 3 rings (SSSR count). The average molecular weight is 463 g/mol. The summed E-state index contributed by atoms with van der Waals surface area (Å²) in [6.45, 7) is 4.27. The average Bonchev–Trinajstić information content (AvgIpc) is 3.40. The molecular formula is C22H27ClN4O3S. The lowest BCUT2D eigenvalue weighted by Gasteiger charge is -2.28. The Morgan fingerprint density at radius 2 is 2.10 bits per heavy atom. The van der Waals surface area contributed by atoms with E-state index in [0.29, 0.717) is 24.6 Å². The lowest BCUT2D eigenvalue weighted by molar-refractivity contribution is -0.133. The quantitative estimate of drug-likeness (QED) is 0.640. The van der Waals surface area contributed by atoms with Crippen LogP contribution >= 0.6 is 22.9 Å². The van der Waals surface area contributed by atoms with Gasteiger partial charge in [-0.2, -0.15) is 5.10 Å². The van der Waals surface area contributed by atoms with E-state index in [1.807, 2.05) is 55.6 Å². The van der Waals surface area contributed by atoms with Crippen LogP contribution in [0.25, 0.3) is 0 Å². The van der Waals surface area contributed by atoms with E-state index in [4.69, 9.17) is 16.3 Å². The molecule has 7 nitrogen and oxygen atoms in total. The SMILES string of the molecule is COCCN(CC(=O)N1N=C(c2cccs2)C[C@@H]1c1ccccc1Cl)C(=O)NC(C)C. The first-order valence-corrected chi connectivity index (χ1v) is 11.4. The number of halogens is 1. The Kier molecular flexibility index (Phi) is 8.06. The number of carbonyl (C=O) groups is 2. The second-order valence-corrected chi connectivity index (χ2v) is 8.88. The zero-order valence-electron chi connectivity index (χ0n) is 17.9. The first-order chi connectivity index (χ1) is 14.9. The van der Waals surface area contributed by atoms with Gasteiger partial charge in [-0.15, -0.1) is 11.3 Å². The largest absolute Gasteiger partial charge is 0.383 e. The van der Waals surface area contributed by atoms with E-state index < -0.39 is 0 Å². The molecule has 2 aromatic rings. The maximum atomic E-state index is 13.3. The van der Waals surface area contributed by atoms with Gasteiger partial charge in [-0.05, 0) is 36.9 Å². The van der Waals surface area contributed by atoms with Crippen molar-refractivity contribution < 1.29 is 14.3 Å². The van der Waals surface area contributed by atoms with Crippen LogP contribution in [0.3, 0.4) is 0 Å². The van der Waals surface area contributed by atoms with Crippen LogP contribution in [0.4, 0.5) is 4.79 Å². The molecule has 0 saturated heterocycles. The molecule has 0 aliphatic carbocycles. The number of ether oxygens (including phenoxy) is 1. The minimum Gasteiger partial charge on any atom is -0.383 e. The lowest BCUT2D eigenvalue weighted by Crippen LogP contribution is -2.48. The predicted molar refractivity (Wildman–Crippen MR) is 124 cm³/mol. The molecule has 3 amide bonds. The molecule has 1 N–H and O–H groups in total. The van der Waals surface area contributed by atoms with Gasteiger partial charge in [0.2, 0.25) is 0 Å². The Balaban J connectivity index is 1.86.